The van der Waals surface area contributed by atoms with E-state index in [1.807, 2.05) is 33.0 Å². The van der Waals surface area contributed by atoms with Crippen molar-refractivity contribution < 1.29 is 9.53 Å². The van der Waals surface area contributed by atoms with E-state index in [1.165, 1.54) is 0 Å². The van der Waals surface area contributed by atoms with Crippen LogP contribution < -0.4 is 11.1 Å². The number of hydrogen-bond acceptors (Lipinski definition) is 4. The maximum absolute atomic E-state index is 12.4. The molecule has 21 heavy (non-hydrogen) atoms. The Hall–Kier alpha value is -1.59. The van der Waals surface area contributed by atoms with E-state index in [2.05, 4.69) is 10.2 Å². The summed E-state index contributed by atoms with van der Waals surface area (Å²) in [5, 5.41) is 2.98. The average molecular weight is 291 g/mol. The van der Waals surface area contributed by atoms with Crippen LogP contribution >= 0.6 is 0 Å². The molecular formula is C16H25N3O2. The third-order valence-electron chi connectivity index (χ3n) is 4.28. The molecule has 116 valence electrons. The number of rotatable bonds is 4. The first kappa shape index (κ1) is 15.8. The Bertz CT molecular complexity index is 498. The van der Waals surface area contributed by atoms with Crippen LogP contribution in [0.4, 0.5) is 11.4 Å². The number of nitrogens with one attached hydrogen (secondary N) is 1. The Morgan fingerprint density at radius 1 is 1.43 bits per heavy atom. The predicted octanol–water partition coefficient (Wildman–Crippen LogP) is 2.02. The van der Waals surface area contributed by atoms with Gasteiger partial charge in [0.15, 0.2) is 0 Å². The van der Waals surface area contributed by atoms with Crippen LogP contribution in [0.25, 0.3) is 0 Å². The number of nitrogen functional groups attached to an aromatic ring is 1. The van der Waals surface area contributed by atoms with Gasteiger partial charge < -0.3 is 15.8 Å². The van der Waals surface area contributed by atoms with E-state index in [1.54, 1.807) is 6.07 Å². The molecule has 0 aromatic heterocycles. The van der Waals surface area contributed by atoms with Crippen LogP contribution in [0.5, 0.6) is 0 Å². The molecule has 1 atom stereocenters. The number of likely N-dealkylation sites (N-methyl/N-ethyl adjacent to an activating group) is 1. The van der Waals surface area contributed by atoms with Crippen molar-refractivity contribution in [2.45, 2.75) is 38.8 Å². The number of nitrogens with two attached hydrogens (primary N) is 1. The highest BCUT2D eigenvalue weighted by Gasteiger charge is 2.26. The van der Waals surface area contributed by atoms with Crippen LogP contribution in [-0.4, -0.2) is 43.2 Å². The number of aryl methyl sites for hydroxylation is 1. The largest absolute Gasteiger partial charge is 0.399 e. The highest BCUT2D eigenvalue weighted by atomic mass is 16.5. The number of ether oxygens (including phenoxy) is 1. The van der Waals surface area contributed by atoms with Gasteiger partial charge in [0.2, 0.25) is 5.91 Å². The van der Waals surface area contributed by atoms with Gasteiger partial charge in [-0.1, -0.05) is 6.07 Å². The third kappa shape index (κ3) is 3.95. The average Bonchev–Trinajstić information content (AvgIpc) is 2.50. The lowest BCUT2D eigenvalue weighted by molar-refractivity contribution is -0.121. The van der Waals surface area contributed by atoms with Crippen LogP contribution in [0.3, 0.4) is 0 Å². The standard InChI is InChI=1S/C16H25N3O2/c1-11-4-5-13(17)10-15(11)18-16(20)12(2)19(3)14-6-8-21-9-7-14/h4-5,10,12,14H,6-9,17H2,1-3H3,(H,18,20). The van der Waals surface area contributed by atoms with Crippen molar-refractivity contribution in [3.05, 3.63) is 23.8 Å². The van der Waals surface area contributed by atoms with E-state index < -0.39 is 0 Å². The van der Waals surface area contributed by atoms with Gasteiger partial charge in [0, 0.05) is 30.6 Å². The molecule has 2 rings (SSSR count). The van der Waals surface area contributed by atoms with Crippen molar-refractivity contribution in [3.63, 3.8) is 0 Å². The molecule has 3 N–H and O–H groups in total. The summed E-state index contributed by atoms with van der Waals surface area (Å²) in [7, 11) is 2.01. The van der Waals surface area contributed by atoms with Crippen LogP contribution in [-0.2, 0) is 9.53 Å². The molecule has 1 aliphatic rings. The lowest BCUT2D eigenvalue weighted by atomic mass is 10.1. The second kappa shape index (κ2) is 6.91. The molecule has 1 aromatic rings. The van der Waals surface area contributed by atoms with Crippen molar-refractivity contribution in [1.29, 1.82) is 0 Å². The van der Waals surface area contributed by atoms with Gasteiger partial charge in [-0.05, 0) is 51.4 Å². The number of anilines is 2. The summed E-state index contributed by atoms with van der Waals surface area (Å²) in [5.74, 6) is -0.00214. The topological polar surface area (TPSA) is 67.6 Å². The summed E-state index contributed by atoms with van der Waals surface area (Å²) in [6.07, 6.45) is 1.96. The minimum absolute atomic E-state index is 0.00214. The molecule has 1 saturated heterocycles. The highest BCUT2D eigenvalue weighted by molar-refractivity contribution is 5.95. The van der Waals surface area contributed by atoms with Crippen LogP contribution in [0, 0.1) is 6.92 Å². The first-order valence-electron chi connectivity index (χ1n) is 7.45. The number of hydrogen-bond donors (Lipinski definition) is 2. The predicted molar refractivity (Wildman–Crippen MR) is 85.3 cm³/mol. The maximum atomic E-state index is 12.4. The smallest absolute Gasteiger partial charge is 0.241 e. The second-order valence-electron chi connectivity index (χ2n) is 5.75. The zero-order valence-corrected chi connectivity index (χ0v) is 13.1. The molecule has 1 unspecified atom stereocenters. The molecule has 1 heterocycles. The van der Waals surface area contributed by atoms with Crippen molar-refractivity contribution in [1.82, 2.24) is 4.90 Å². The van der Waals surface area contributed by atoms with Crippen molar-refractivity contribution in [2.75, 3.05) is 31.3 Å². The van der Waals surface area contributed by atoms with Gasteiger partial charge in [-0.3, -0.25) is 9.69 Å². The molecule has 0 spiro atoms. The maximum Gasteiger partial charge on any atom is 0.241 e. The Labute approximate surface area is 126 Å². The lowest BCUT2D eigenvalue weighted by Crippen LogP contribution is -2.47. The molecule has 0 bridgehead atoms. The molecule has 1 fully saturated rings. The summed E-state index contributed by atoms with van der Waals surface area (Å²) in [6.45, 7) is 5.45. The molecule has 0 radical (unpaired) electrons. The molecule has 5 heteroatoms. The summed E-state index contributed by atoms with van der Waals surface area (Å²) >= 11 is 0. The van der Waals surface area contributed by atoms with Gasteiger partial charge in [0.05, 0.1) is 6.04 Å². The first-order valence-corrected chi connectivity index (χ1v) is 7.45. The minimum Gasteiger partial charge on any atom is -0.399 e. The minimum atomic E-state index is -0.186. The van der Waals surface area contributed by atoms with Gasteiger partial charge in [-0.15, -0.1) is 0 Å². The van der Waals surface area contributed by atoms with E-state index in [4.69, 9.17) is 10.5 Å². The van der Waals surface area contributed by atoms with E-state index in [0.29, 0.717) is 11.7 Å². The summed E-state index contributed by atoms with van der Waals surface area (Å²) in [5.41, 5.74) is 8.23. The highest BCUT2D eigenvalue weighted by Crippen LogP contribution is 2.20. The summed E-state index contributed by atoms with van der Waals surface area (Å²) < 4.78 is 5.37. The number of carbonyl (C=O) groups excluding carboxylic acids is 1. The monoisotopic (exact) mass is 291 g/mol. The molecule has 5 nitrogen and oxygen atoms in total. The van der Waals surface area contributed by atoms with Gasteiger partial charge in [0.1, 0.15) is 0 Å². The summed E-state index contributed by atoms with van der Waals surface area (Å²) in [6, 6.07) is 5.77. The fourth-order valence-electron chi connectivity index (χ4n) is 2.61. The molecule has 1 amide bonds. The van der Waals surface area contributed by atoms with Gasteiger partial charge in [0.25, 0.3) is 0 Å². The van der Waals surface area contributed by atoms with Gasteiger partial charge in [-0.2, -0.15) is 0 Å². The lowest BCUT2D eigenvalue weighted by Gasteiger charge is -2.34. The molecular weight excluding hydrogens is 266 g/mol. The number of nitrogens with zero attached hydrogens (tertiary/aromatic N) is 1. The Balaban J connectivity index is 1.99. The first-order chi connectivity index (χ1) is 9.99. The summed E-state index contributed by atoms with van der Waals surface area (Å²) in [4.78, 5) is 14.6. The van der Waals surface area contributed by atoms with Gasteiger partial charge >= 0.3 is 0 Å². The zero-order valence-electron chi connectivity index (χ0n) is 13.1. The molecule has 1 aliphatic heterocycles. The van der Waals surface area contributed by atoms with E-state index in [9.17, 15) is 4.79 Å². The van der Waals surface area contributed by atoms with E-state index in [-0.39, 0.29) is 11.9 Å². The SMILES string of the molecule is Cc1ccc(N)cc1NC(=O)C(C)N(C)C1CCOCC1. The second-order valence-corrected chi connectivity index (χ2v) is 5.75. The van der Waals surface area contributed by atoms with Crippen molar-refractivity contribution in [2.24, 2.45) is 0 Å². The Morgan fingerprint density at radius 3 is 2.76 bits per heavy atom. The zero-order chi connectivity index (χ0) is 15.4. The third-order valence-corrected chi connectivity index (χ3v) is 4.28. The van der Waals surface area contributed by atoms with E-state index >= 15 is 0 Å². The van der Waals surface area contributed by atoms with Crippen LogP contribution in [0.1, 0.15) is 25.3 Å². The van der Waals surface area contributed by atoms with Crippen LogP contribution in [0.2, 0.25) is 0 Å². The van der Waals surface area contributed by atoms with Crippen molar-refractivity contribution in [3.8, 4) is 0 Å². The number of benzene rings is 1. The van der Waals surface area contributed by atoms with Crippen LogP contribution in [0.15, 0.2) is 18.2 Å². The number of amides is 1. The van der Waals surface area contributed by atoms with E-state index in [0.717, 1.165) is 37.3 Å². The quantitative estimate of drug-likeness (QED) is 0.833. The fraction of sp³-hybridized carbons (Fsp3) is 0.562. The molecule has 1 aromatic carbocycles. The number of carbonyl (C=O) groups is 1. The van der Waals surface area contributed by atoms with Gasteiger partial charge in [-0.25, -0.2) is 0 Å². The Kier molecular flexibility index (Phi) is 5.20. The molecule has 0 saturated carbocycles. The molecule has 0 aliphatic carbocycles. The van der Waals surface area contributed by atoms with Crippen molar-refractivity contribution >= 4 is 17.3 Å². The normalized spacial score (nSPS) is 17.7. The Morgan fingerprint density at radius 2 is 2.10 bits per heavy atom. The fourth-order valence-corrected chi connectivity index (χ4v) is 2.61.